The Kier molecular flexibility index (Phi) is 4.15. The molecule has 2 rings (SSSR count). The molecule has 0 aliphatic heterocycles. The number of methoxy groups -OCH3 is 1. The van der Waals surface area contributed by atoms with Crippen molar-refractivity contribution in [2.45, 2.75) is 13.5 Å². The lowest BCUT2D eigenvalue weighted by Crippen LogP contribution is -2.04. The molecule has 2 aromatic rings. The first-order chi connectivity index (χ1) is 8.70. The Labute approximate surface area is 115 Å². The Morgan fingerprint density at radius 3 is 2.89 bits per heavy atom. The van der Waals surface area contributed by atoms with E-state index >= 15 is 0 Å². The van der Waals surface area contributed by atoms with Crippen molar-refractivity contribution in [2.24, 2.45) is 0 Å². The smallest absolute Gasteiger partial charge is 0.143 e. The van der Waals surface area contributed by atoms with Gasteiger partial charge in [-0.05, 0) is 30.7 Å². The highest BCUT2D eigenvalue weighted by atomic mass is 79.9. The Morgan fingerprint density at radius 1 is 1.39 bits per heavy atom. The molecule has 5 heteroatoms. The van der Waals surface area contributed by atoms with Gasteiger partial charge in [-0.3, -0.25) is 0 Å². The van der Waals surface area contributed by atoms with E-state index in [9.17, 15) is 0 Å². The van der Waals surface area contributed by atoms with E-state index < -0.39 is 0 Å². The van der Waals surface area contributed by atoms with Crippen LogP contribution in [0.25, 0.3) is 0 Å². The van der Waals surface area contributed by atoms with Crippen molar-refractivity contribution in [1.29, 1.82) is 0 Å². The van der Waals surface area contributed by atoms with Gasteiger partial charge in [-0.25, -0.2) is 9.97 Å². The number of aryl methyl sites for hydroxylation is 1. The van der Waals surface area contributed by atoms with Crippen LogP contribution in [0.15, 0.2) is 35.2 Å². The maximum atomic E-state index is 5.37. The molecular weight excluding hydrogens is 294 g/mol. The van der Waals surface area contributed by atoms with Gasteiger partial charge < -0.3 is 10.1 Å². The van der Waals surface area contributed by atoms with Gasteiger partial charge in [0.1, 0.15) is 12.1 Å². The van der Waals surface area contributed by atoms with E-state index in [2.05, 4.69) is 31.2 Å². The molecule has 0 radical (unpaired) electrons. The van der Waals surface area contributed by atoms with Gasteiger partial charge in [-0.2, -0.15) is 0 Å². The van der Waals surface area contributed by atoms with Crippen LogP contribution < -0.4 is 10.1 Å². The maximum Gasteiger partial charge on any atom is 0.143 e. The van der Waals surface area contributed by atoms with Crippen LogP contribution in [0.1, 0.15) is 11.3 Å². The first kappa shape index (κ1) is 12.8. The van der Waals surface area contributed by atoms with Crippen molar-refractivity contribution in [3.8, 4) is 5.75 Å². The highest BCUT2D eigenvalue weighted by molar-refractivity contribution is 9.10. The summed E-state index contributed by atoms with van der Waals surface area (Å²) < 4.78 is 6.37. The molecule has 1 aromatic carbocycles. The zero-order chi connectivity index (χ0) is 13.0. The van der Waals surface area contributed by atoms with E-state index in [4.69, 9.17) is 4.74 Å². The van der Waals surface area contributed by atoms with Crippen LogP contribution in [0.3, 0.4) is 0 Å². The highest BCUT2D eigenvalue weighted by Gasteiger charge is 2.08. The number of nitrogens with zero attached hydrogens (tertiary/aromatic N) is 2. The normalized spacial score (nSPS) is 10.2. The van der Waals surface area contributed by atoms with Crippen molar-refractivity contribution in [2.75, 3.05) is 12.4 Å². The number of ether oxygens (including phenoxy) is 1. The van der Waals surface area contributed by atoms with Gasteiger partial charge in [0, 0.05) is 10.7 Å². The molecule has 94 valence electrons. The summed E-state index contributed by atoms with van der Waals surface area (Å²) in [6.07, 6.45) is 3.28. The summed E-state index contributed by atoms with van der Waals surface area (Å²) in [4.78, 5) is 8.07. The van der Waals surface area contributed by atoms with Crippen LogP contribution in [0, 0.1) is 6.92 Å². The zero-order valence-corrected chi connectivity index (χ0v) is 11.9. The van der Waals surface area contributed by atoms with Crippen LogP contribution >= 0.6 is 15.9 Å². The van der Waals surface area contributed by atoms with Gasteiger partial charge in [-0.1, -0.05) is 15.9 Å². The van der Waals surface area contributed by atoms with E-state index in [1.54, 1.807) is 19.6 Å². The Hall–Kier alpha value is -1.62. The van der Waals surface area contributed by atoms with Crippen LogP contribution in [0.2, 0.25) is 0 Å². The predicted molar refractivity (Wildman–Crippen MR) is 74.8 cm³/mol. The summed E-state index contributed by atoms with van der Waals surface area (Å²) in [6, 6.07) is 5.87. The van der Waals surface area contributed by atoms with E-state index in [1.807, 2.05) is 25.1 Å². The van der Waals surface area contributed by atoms with Gasteiger partial charge in [0.2, 0.25) is 0 Å². The molecule has 18 heavy (non-hydrogen) atoms. The first-order valence-electron chi connectivity index (χ1n) is 5.53. The quantitative estimate of drug-likeness (QED) is 0.942. The molecule has 0 saturated heterocycles. The number of hydrogen-bond acceptors (Lipinski definition) is 4. The second kappa shape index (κ2) is 5.82. The van der Waals surface area contributed by atoms with Crippen molar-refractivity contribution in [3.63, 3.8) is 0 Å². The Morgan fingerprint density at radius 2 is 2.22 bits per heavy atom. The van der Waals surface area contributed by atoms with Crippen molar-refractivity contribution in [3.05, 3.63) is 46.5 Å². The van der Waals surface area contributed by atoms with E-state index in [1.165, 1.54) is 0 Å². The third-order valence-corrected chi connectivity index (χ3v) is 3.03. The molecule has 0 bridgehead atoms. The van der Waals surface area contributed by atoms with Crippen LogP contribution in [0.5, 0.6) is 5.75 Å². The van der Waals surface area contributed by atoms with Gasteiger partial charge in [0.15, 0.2) is 0 Å². The average Bonchev–Trinajstić information content (AvgIpc) is 2.38. The first-order valence-corrected chi connectivity index (χ1v) is 6.33. The lowest BCUT2D eigenvalue weighted by Gasteiger charge is -2.14. The Balaban J connectivity index is 2.19. The molecule has 4 nitrogen and oxygen atoms in total. The molecule has 1 heterocycles. The number of rotatable bonds is 4. The maximum absolute atomic E-state index is 5.37. The summed E-state index contributed by atoms with van der Waals surface area (Å²) in [5.41, 5.74) is 3.05. The topological polar surface area (TPSA) is 47.0 Å². The molecule has 1 N–H and O–H groups in total. The molecule has 1 aromatic heterocycles. The second-order valence-corrected chi connectivity index (χ2v) is 4.77. The van der Waals surface area contributed by atoms with Gasteiger partial charge >= 0.3 is 0 Å². The Bertz CT molecular complexity index is 531. The summed E-state index contributed by atoms with van der Waals surface area (Å²) in [7, 11) is 1.66. The molecule has 0 amide bonds. The van der Waals surface area contributed by atoms with E-state index in [-0.39, 0.29) is 0 Å². The second-order valence-electron chi connectivity index (χ2n) is 3.85. The predicted octanol–water partition coefficient (Wildman–Crippen LogP) is 3.17. The van der Waals surface area contributed by atoms with Gasteiger partial charge in [-0.15, -0.1) is 0 Å². The third-order valence-electron chi connectivity index (χ3n) is 2.57. The molecule has 0 fully saturated rings. The number of halogens is 1. The standard InChI is InChI=1S/C13H14BrN3O/c1-9-5-10(14)6-12(18-2)13(9)16-7-11-3-4-15-8-17-11/h3-6,8,16H,7H2,1-2H3. The number of nitrogens with one attached hydrogen (secondary N) is 1. The number of aromatic nitrogens is 2. The van der Waals surface area contributed by atoms with Crippen molar-refractivity contribution < 1.29 is 4.74 Å². The molecule has 0 saturated carbocycles. The minimum Gasteiger partial charge on any atom is -0.495 e. The van der Waals surface area contributed by atoms with E-state index in [0.29, 0.717) is 6.54 Å². The molecule has 0 atom stereocenters. The van der Waals surface area contributed by atoms with Crippen molar-refractivity contribution >= 4 is 21.6 Å². The minimum absolute atomic E-state index is 0.640. The molecular formula is C13H14BrN3O. The zero-order valence-electron chi connectivity index (χ0n) is 10.3. The number of benzene rings is 1. The summed E-state index contributed by atoms with van der Waals surface area (Å²) in [6.45, 7) is 2.68. The van der Waals surface area contributed by atoms with Gasteiger partial charge in [0.25, 0.3) is 0 Å². The largest absolute Gasteiger partial charge is 0.495 e. The van der Waals surface area contributed by atoms with Gasteiger partial charge in [0.05, 0.1) is 25.0 Å². The molecule has 0 aliphatic carbocycles. The van der Waals surface area contributed by atoms with Crippen LogP contribution in [-0.2, 0) is 6.54 Å². The summed E-state index contributed by atoms with van der Waals surface area (Å²) >= 11 is 3.46. The fourth-order valence-corrected chi connectivity index (χ4v) is 2.25. The lowest BCUT2D eigenvalue weighted by atomic mass is 10.2. The average molecular weight is 308 g/mol. The summed E-state index contributed by atoms with van der Waals surface area (Å²) in [5, 5.41) is 3.34. The van der Waals surface area contributed by atoms with E-state index in [0.717, 1.165) is 27.2 Å². The fourth-order valence-electron chi connectivity index (χ4n) is 1.70. The van der Waals surface area contributed by atoms with Crippen LogP contribution in [-0.4, -0.2) is 17.1 Å². The SMILES string of the molecule is COc1cc(Br)cc(C)c1NCc1ccncn1. The third kappa shape index (κ3) is 2.98. The number of hydrogen-bond donors (Lipinski definition) is 1. The molecule has 0 unspecified atom stereocenters. The molecule has 0 aliphatic rings. The monoisotopic (exact) mass is 307 g/mol. The summed E-state index contributed by atoms with van der Waals surface area (Å²) in [5.74, 6) is 0.816. The minimum atomic E-state index is 0.640. The van der Waals surface area contributed by atoms with Crippen molar-refractivity contribution in [1.82, 2.24) is 9.97 Å². The molecule has 0 spiro atoms. The highest BCUT2D eigenvalue weighted by Crippen LogP contribution is 2.32. The number of anilines is 1. The van der Waals surface area contributed by atoms with Crippen LogP contribution in [0.4, 0.5) is 5.69 Å². The lowest BCUT2D eigenvalue weighted by molar-refractivity contribution is 0.416. The fraction of sp³-hybridized carbons (Fsp3) is 0.231.